The van der Waals surface area contributed by atoms with Crippen LogP contribution in [0.25, 0.3) is 0 Å². The lowest BCUT2D eigenvalue weighted by Crippen LogP contribution is -2.40. The summed E-state index contributed by atoms with van der Waals surface area (Å²) in [7, 11) is 4.31. The summed E-state index contributed by atoms with van der Waals surface area (Å²) in [6.07, 6.45) is 10.4. The fourth-order valence-electron chi connectivity index (χ4n) is 3.74. The molecule has 0 atom stereocenters. The maximum atomic E-state index is 6.05. The predicted molar refractivity (Wildman–Crippen MR) is 96.8 cm³/mol. The molecule has 0 amide bonds. The van der Waals surface area contributed by atoms with E-state index in [9.17, 15) is 0 Å². The Hall–Kier alpha value is -0.0400. The molecule has 0 saturated heterocycles. The lowest BCUT2D eigenvalue weighted by Gasteiger charge is -2.30. The molecule has 0 aliphatic heterocycles. The first kappa shape index (κ1) is 18.0. The van der Waals surface area contributed by atoms with Gasteiger partial charge in [0.05, 0.1) is 0 Å². The van der Waals surface area contributed by atoms with Gasteiger partial charge >= 0.3 is 0 Å². The zero-order chi connectivity index (χ0) is 13.7. The number of aliphatic imine (C=N–C) groups is 1. The van der Waals surface area contributed by atoms with Crippen molar-refractivity contribution in [2.45, 2.75) is 57.4 Å². The third kappa shape index (κ3) is 5.39. The van der Waals surface area contributed by atoms with Crippen molar-refractivity contribution >= 4 is 29.9 Å². The number of halogens is 1. The van der Waals surface area contributed by atoms with E-state index in [1.807, 2.05) is 0 Å². The van der Waals surface area contributed by atoms with Gasteiger partial charge in [0, 0.05) is 24.5 Å². The lowest BCUT2D eigenvalue weighted by atomic mass is 9.86. The molecule has 20 heavy (non-hydrogen) atoms. The lowest BCUT2D eigenvalue weighted by molar-refractivity contribution is 0.210. The molecular formula is C15H31IN4. The smallest absolute Gasteiger partial charge is 0.188 e. The highest BCUT2D eigenvalue weighted by molar-refractivity contribution is 14.0. The van der Waals surface area contributed by atoms with Crippen molar-refractivity contribution in [2.75, 3.05) is 27.2 Å². The Bertz CT molecular complexity index is 305. The van der Waals surface area contributed by atoms with Crippen molar-refractivity contribution in [3.8, 4) is 0 Å². The van der Waals surface area contributed by atoms with Crippen LogP contribution in [-0.2, 0) is 0 Å². The molecule has 0 unspecified atom stereocenters. The van der Waals surface area contributed by atoms with Crippen LogP contribution in [0.4, 0.5) is 0 Å². The van der Waals surface area contributed by atoms with Crippen molar-refractivity contribution in [2.24, 2.45) is 16.1 Å². The summed E-state index contributed by atoms with van der Waals surface area (Å²) in [6, 6.07) is 0.567. The summed E-state index contributed by atoms with van der Waals surface area (Å²) in [5.74, 6) is 0.664. The molecule has 2 rings (SSSR count). The first-order valence-electron chi connectivity index (χ1n) is 7.81. The molecule has 2 aliphatic carbocycles. The van der Waals surface area contributed by atoms with Crippen LogP contribution in [0.3, 0.4) is 0 Å². The van der Waals surface area contributed by atoms with Crippen molar-refractivity contribution in [3.05, 3.63) is 0 Å². The third-order valence-electron chi connectivity index (χ3n) is 4.61. The fraction of sp³-hybridized carbons (Fsp3) is 0.933. The van der Waals surface area contributed by atoms with Crippen LogP contribution in [0.5, 0.6) is 0 Å². The van der Waals surface area contributed by atoms with Gasteiger partial charge in [-0.3, -0.25) is 4.99 Å². The second-order valence-electron chi connectivity index (χ2n) is 6.77. The summed E-state index contributed by atoms with van der Waals surface area (Å²) in [4.78, 5) is 6.94. The maximum Gasteiger partial charge on any atom is 0.188 e. The molecule has 0 spiro atoms. The number of hydrogen-bond donors (Lipinski definition) is 2. The van der Waals surface area contributed by atoms with Gasteiger partial charge in [0.2, 0.25) is 0 Å². The van der Waals surface area contributed by atoms with E-state index in [-0.39, 0.29) is 24.0 Å². The van der Waals surface area contributed by atoms with Crippen LogP contribution < -0.4 is 11.1 Å². The van der Waals surface area contributed by atoms with Crippen LogP contribution in [-0.4, -0.2) is 44.1 Å². The van der Waals surface area contributed by atoms with E-state index in [2.05, 4.69) is 29.3 Å². The number of nitrogens with one attached hydrogen (secondary N) is 1. The van der Waals surface area contributed by atoms with Gasteiger partial charge in [-0.05, 0) is 39.8 Å². The van der Waals surface area contributed by atoms with Gasteiger partial charge in [-0.15, -0.1) is 24.0 Å². The molecule has 0 aromatic rings. The first-order valence-corrected chi connectivity index (χ1v) is 7.81. The minimum absolute atomic E-state index is 0. The van der Waals surface area contributed by atoms with Crippen molar-refractivity contribution in [3.63, 3.8) is 0 Å². The quantitative estimate of drug-likeness (QED) is 0.428. The van der Waals surface area contributed by atoms with Gasteiger partial charge < -0.3 is 16.0 Å². The Balaban J connectivity index is 0.00000200. The van der Waals surface area contributed by atoms with Crippen molar-refractivity contribution < 1.29 is 0 Å². The van der Waals surface area contributed by atoms with Gasteiger partial charge in [0.15, 0.2) is 5.96 Å². The molecule has 0 aromatic heterocycles. The Labute approximate surface area is 141 Å². The molecule has 5 heteroatoms. The molecule has 2 fully saturated rings. The van der Waals surface area contributed by atoms with E-state index in [4.69, 9.17) is 5.73 Å². The zero-order valence-corrected chi connectivity index (χ0v) is 15.4. The van der Waals surface area contributed by atoms with Gasteiger partial charge in [0.1, 0.15) is 0 Å². The van der Waals surface area contributed by atoms with Crippen LogP contribution >= 0.6 is 24.0 Å². The first-order chi connectivity index (χ1) is 9.10. The minimum atomic E-state index is 0. The standard InChI is InChI=1S/C15H30N4.HI/c1-19(2)12-15(9-5-6-10-15)11-17-14(16)18-13-7-3-4-8-13;/h13H,3-12H2,1-2H3,(H3,16,17,18);1H. The molecule has 0 bridgehead atoms. The fourth-order valence-corrected chi connectivity index (χ4v) is 3.74. The number of hydrogen-bond acceptors (Lipinski definition) is 2. The summed E-state index contributed by atoms with van der Waals surface area (Å²) in [5.41, 5.74) is 6.41. The highest BCUT2D eigenvalue weighted by atomic mass is 127. The molecule has 2 saturated carbocycles. The molecule has 0 radical (unpaired) electrons. The number of nitrogens with zero attached hydrogens (tertiary/aromatic N) is 2. The largest absolute Gasteiger partial charge is 0.370 e. The van der Waals surface area contributed by atoms with Gasteiger partial charge in [-0.25, -0.2) is 0 Å². The third-order valence-corrected chi connectivity index (χ3v) is 4.61. The second-order valence-corrected chi connectivity index (χ2v) is 6.77. The van der Waals surface area contributed by atoms with Crippen LogP contribution in [0.15, 0.2) is 4.99 Å². The Kier molecular flexibility index (Phi) is 7.58. The molecule has 3 N–H and O–H groups in total. The van der Waals surface area contributed by atoms with Crippen LogP contribution in [0.2, 0.25) is 0 Å². The summed E-state index contributed by atoms with van der Waals surface area (Å²) < 4.78 is 0. The number of nitrogens with two attached hydrogens (primary N) is 1. The highest BCUT2D eigenvalue weighted by Crippen LogP contribution is 2.38. The zero-order valence-electron chi connectivity index (χ0n) is 13.0. The Morgan fingerprint density at radius 2 is 1.80 bits per heavy atom. The monoisotopic (exact) mass is 394 g/mol. The second kappa shape index (κ2) is 8.41. The normalized spacial score (nSPS) is 23.1. The molecule has 0 heterocycles. The van der Waals surface area contributed by atoms with E-state index in [0.717, 1.165) is 13.1 Å². The molecule has 2 aliphatic rings. The van der Waals surface area contributed by atoms with Gasteiger partial charge in [0.25, 0.3) is 0 Å². The Morgan fingerprint density at radius 3 is 2.35 bits per heavy atom. The average Bonchev–Trinajstić information content (AvgIpc) is 2.98. The van der Waals surface area contributed by atoms with Crippen molar-refractivity contribution in [1.29, 1.82) is 0 Å². The molecular weight excluding hydrogens is 363 g/mol. The van der Waals surface area contributed by atoms with Gasteiger partial charge in [-0.2, -0.15) is 0 Å². The number of guanidine groups is 1. The molecule has 118 valence electrons. The van der Waals surface area contributed by atoms with Crippen LogP contribution in [0, 0.1) is 5.41 Å². The number of rotatable bonds is 5. The highest BCUT2D eigenvalue weighted by Gasteiger charge is 2.34. The summed E-state index contributed by atoms with van der Waals surface area (Å²) in [6.45, 7) is 2.02. The topological polar surface area (TPSA) is 53.6 Å². The molecule has 0 aromatic carbocycles. The maximum absolute atomic E-state index is 6.05. The average molecular weight is 394 g/mol. The minimum Gasteiger partial charge on any atom is -0.370 e. The Morgan fingerprint density at radius 1 is 1.20 bits per heavy atom. The van der Waals surface area contributed by atoms with Crippen LogP contribution in [0.1, 0.15) is 51.4 Å². The molecule has 4 nitrogen and oxygen atoms in total. The van der Waals surface area contributed by atoms with E-state index in [1.165, 1.54) is 51.4 Å². The van der Waals surface area contributed by atoms with E-state index in [0.29, 0.717) is 17.4 Å². The van der Waals surface area contributed by atoms with E-state index >= 15 is 0 Å². The predicted octanol–water partition coefficient (Wildman–Crippen LogP) is 2.57. The van der Waals surface area contributed by atoms with E-state index in [1.54, 1.807) is 0 Å². The summed E-state index contributed by atoms with van der Waals surface area (Å²) >= 11 is 0. The summed E-state index contributed by atoms with van der Waals surface area (Å²) in [5, 5.41) is 3.39. The SMILES string of the molecule is CN(C)CC1(CN=C(N)NC2CCCC2)CCCC1.I. The van der Waals surface area contributed by atoms with Gasteiger partial charge in [-0.1, -0.05) is 25.7 Å². The van der Waals surface area contributed by atoms with E-state index < -0.39 is 0 Å². The van der Waals surface area contributed by atoms with Crippen molar-refractivity contribution in [1.82, 2.24) is 10.2 Å².